The van der Waals surface area contributed by atoms with Gasteiger partial charge in [-0.3, -0.25) is 14.6 Å². The summed E-state index contributed by atoms with van der Waals surface area (Å²) in [6, 6.07) is 11.0. The second kappa shape index (κ2) is 11.4. The molecule has 0 fully saturated rings. The van der Waals surface area contributed by atoms with E-state index >= 15 is 0 Å². The molecule has 0 saturated heterocycles. The highest BCUT2D eigenvalue weighted by atomic mass is 19.1. The number of halogens is 3. The van der Waals surface area contributed by atoms with Gasteiger partial charge in [-0.15, -0.1) is 0 Å². The van der Waals surface area contributed by atoms with Crippen LogP contribution in [0.4, 0.5) is 24.5 Å². The first-order valence-corrected chi connectivity index (χ1v) is 11.2. The van der Waals surface area contributed by atoms with Gasteiger partial charge >= 0.3 is 0 Å². The smallest absolute Gasteiger partial charge is 0.262 e. The molecule has 4 rings (SSSR count). The molecule has 12 heteroatoms. The molecule has 0 bridgehead atoms. The van der Waals surface area contributed by atoms with Crippen LogP contribution in [0.3, 0.4) is 0 Å². The molecule has 39 heavy (non-hydrogen) atoms. The Hall–Kier alpha value is -5.26. The number of amides is 2. The first kappa shape index (κ1) is 26.8. The molecule has 0 aliphatic heterocycles. The summed E-state index contributed by atoms with van der Waals surface area (Å²) in [7, 11) is 2.89. The number of carbonyl (C=O) groups is 2. The van der Waals surface area contributed by atoms with Gasteiger partial charge in [0.25, 0.3) is 11.8 Å². The molecule has 0 saturated carbocycles. The Labute approximate surface area is 220 Å². The largest absolute Gasteiger partial charge is 0.493 e. The molecule has 3 aromatic carbocycles. The Morgan fingerprint density at radius 1 is 0.821 bits per heavy atom. The van der Waals surface area contributed by atoms with Gasteiger partial charge in [0.15, 0.2) is 28.9 Å². The quantitative estimate of drug-likeness (QED) is 0.166. The van der Waals surface area contributed by atoms with Gasteiger partial charge in [0.2, 0.25) is 0 Å². The molecule has 4 N–H and O–H groups in total. The second-order valence-electron chi connectivity index (χ2n) is 7.90. The first-order chi connectivity index (χ1) is 18.7. The van der Waals surface area contributed by atoms with Crippen molar-refractivity contribution in [3.8, 4) is 23.0 Å². The Bertz CT molecular complexity index is 1570. The minimum atomic E-state index is -1.13. The van der Waals surface area contributed by atoms with Crippen molar-refractivity contribution in [3.05, 3.63) is 90.0 Å². The number of nitrogens with one attached hydrogen (secondary N) is 2. The standard InChI is InChI=1S/C27H21F3N4O5/c1-37-23-11-17-21(12-24(23)38-2)32-8-7-22(17)39-25-19(29)9-16(10-20(25)30)34-27(36)18(13-31)26(35)33-15-5-3-14(28)4-6-15/h3-13H,31H2,1-2H3,(H,33,35)(H,34,36)/b18-13+. The summed E-state index contributed by atoms with van der Waals surface area (Å²) in [5.74, 6) is -4.63. The third-order valence-corrected chi connectivity index (χ3v) is 5.43. The van der Waals surface area contributed by atoms with Crippen LogP contribution in [0.25, 0.3) is 10.9 Å². The minimum absolute atomic E-state index is 0.0846. The topological polar surface area (TPSA) is 125 Å². The lowest BCUT2D eigenvalue weighted by Gasteiger charge is -2.14. The number of benzene rings is 3. The fraction of sp³-hybridized carbons (Fsp3) is 0.0741. The molecular formula is C27H21F3N4O5. The normalized spacial score (nSPS) is 11.2. The van der Waals surface area contributed by atoms with E-state index in [1.807, 2.05) is 0 Å². The van der Waals surface area contributed by atoms with Crippen molar-refractivity contribution in [1.29, 1.82) is 0 Å². The van der Waals surface area contributed by atoms with Crippen molar-refractivity contribution in [2.24, 2.45) is 5.73 Å². The third kappa shape index (κ3) is 5.85. The summed E-state index contributed by atoms with van der Waals surface area (Å²) in [5, 5.41) is 4.99. The van der Waals surface area contributed by atoms with Crippen LogP contribution in [0.2, 0.25) is 0 Å². The summed E-state index contributed by atoms with van der Waals surface area (Å²) < 4.78 is 59.0. The van der Waals surface area contributed by atoms with Crippen molar-refractivity contribution < 1.29 is 37.0 Å². The molecule has 0 spiro atoms. The van der Waals surface area contributed by atoms with Crippen LogP contribution in [0.5, 0.6) is 23.0 Å². The number of ether oxygens (including phenoxy) is 3. The van der Waals surface area contributed by atoms with Crippen LogP contribution in [-0.4, -0.2) is 31.0 Å². The Morgan fingerprint density at radius 3 is 2.00 bits per heavy atom. The number of nitrogens with two attached hydrogens (primary N) is 1. The SMILES string of the molecule is COc1cc2nccc(Oc3c(F)cc(NC(=O)/C(=C/N)C(=O)Nc4ccc(F)cc4)cc3F)c2cc1OC. The number of aromatic nitrogens is 1. The van der Waals surface area contributed by atoms with E-state index in [1.165, 1.54) is 38.6 Å². The Balaban J connectivity index is 1.54. The molecule has 0 atom stereocenters. The van der Waals surface area contributed by atoms with Crippen LogP contribution in [0.1, 0.15) is 0 Å². The van der Waals surface area contributed by atoms with E-state index in [4.69, 9.17) is 19.9 Å². The molecule has 0 aliphatic carbocycles. The number of hydrogen-bond donors (Lipinski definition) is 3. The highest BCUT2D eigenvalue weighted by molar-refractivity contribution is 6.26. The van der Waals surface area contributed by atoms with E-state index in [0.29, 0.717) is 22.4 Å². The molecule has 0 unspecified atom stereocenters. The fourth-order valence-electron chi connectivity index (χ4n) is 3.56. The van der Waals surface area contributed by atoms with E-state index in [1.54, 1.807) is 12.1 Å². The molecule has 200 valence electrons. The van der Waals surface area contributed by atoms with Crippen molar-refractivity contribution >= 4 is 34.1 Å². The first-order valence-electron chi connectivity index (χ1n) is 11.2. The van der Waals surface area contributed by atoms with E-state index in [2.05, 4.69) is 15.6 Å². The van der Waals surface area contributed by atoms with Crippen molar-refractivity contribution in [1.82, 2.24) is 4.98 Å². The lowest BCUT2D eigenvalue weighted by Crippen LogP contribution is -2.26. The van der Waals surface area contributed by atoms with Crippen molar-refractivity contribution in [2.75, 3.05) is 24.9 Å². The molecule has 1 aromatic heterocycles. The zero-order chi connectivity index (χ0) is 28.1. The van der Waals surface area contributed by atoms with Crippen LogP contribution in [0, 0.1) is 17.5 Å². The second-order valence-corrected chi connectivity index (χ2v) is 7.90. The Morgan fingerprint density at radius 2 is 1.41 bits per heavy atom. The maximum Gasteiger partial charge on any atom is 0.262 e. The third-order valence-electron chi connectivity index (χ3n) is 5.43. The number of anilines is 2. The van der Waals surface area contributed by atoms with Gasteiger partial charge in [0, 0.05) is 47.4 Å². The van der Waals surface area contributed by atoms with E-state index < -0.39 is 40.6 Å². The zero-order valence-corrected chi connectivity index (χ0v) is 20.6. The fourth-order valence-corrected chi connectivity index (χ4v) is 3.56. The van der Waals surface area contributed by atoms with Crippen LogP contribution < -0.4 is 30.6 Å². The number of carbonyl (C=O) groups excluding carboxylic acids is 2. The molecule has 1 heterocycles. The van der Waals surface area contributed by atoms with E-state index in [-0.39, 0.29) is 17.1 Å². The summed E-state index contributed by atoms with van der Waals surface area (Å²) in [4.78, 5) is 29.3. The highest BCUT2D eigenvalue weighted by Gasteiger charge is 2.21. The lowest BCUT2D eigenvalue weighted by atomic mass is 10.1. The Kier molecular flexibility index (Phi) is 7.85. The monoisotopic (exact) mass is 538 g/mol. The van der Waals surface area contributed by atoms with Gasteiger partial charge in [-0.2, -0.15) is 0 Å². The van der Waals surface area contributed by atoms with Crippen LogP contribution in [-0.2, 0) is 9.59 Å². The van der Waals surface area contributed by atoms with Gasteiger partial charge in [0.1, 0.15) is 17.1 Å². The number of nitrogens with zero attached hydrogens (tertiary/aromatic N) is 1. The van der Waals surface area contributed by atoms with Gasteiger partial charge < -0.3 is 30.6 Å². The summed E-state index contributed by atoms with van der Waals surface area (Å²) in [6.45, 7) is 0. The predicted molar refractivity (Wildman–Crippen MR) is 137 cm³/mol. The van der Waals surface area contributed by atoms with Crippen LogP contribution >= 0.6 is 0 Å². The zero-order valence-electron chi connectivity index (χ0n) is 20.6. The number of rotatable bonds is 8. The molecule has 0 aliphatic rings. The molecule has 9 nitrogen and oxygen atoms in total. The molecule has 0 radical (unpaired) electrons. The highest BCUT2D eigenvalue weighted by Crippen LogP contribution is 2.38. The summed E-state index contributed by atoms with van der Waals surface area (Å²) in [5.41, 5.74) is 5.20. The molecule has 2 amide bonds. The minimum Gasteiger partial charge on any atom is -0.493 e. The van der Waals surface area contributed by atoms with Gasteiger partial charge in [0.05, 0.1) is 19.7 Å². The van der Waals surface area contributed by atoms with Gasteiger partial charge in [-0.25, -0.2) is 13.2 Å². The average molecular weight is 538 g/mol. The number of methoxy groups -OCH3 is 2. The average Bonchev–Trinajstić information content (AvgIpc) is 2.91. The van der Waals surface area contributed by atoms with E-state index in [9.17, 15) is 22.8 Å². The molecular weight excluding hydrogens is 517 g/mol. The predicted octanol–water partition coefficient (Wildman–Crippen LogP) is 4.88. The van der Waals surface area contributed by atoms with Crippen LogP contribution in [0.15, 0.2) is 72.6 Å². The van der Waals surface area contributed by atoms with E-state index in [0.717, 1.165) is 30.5 Å². The van der Waals surface area contributed by atoms with Gasteiger partial charge in [-0.1, -0.05) is 0 Å². The maximum atomic E-state index is 14.9. The number of hydrogen-bond acceptors (Lipinski definition) is 7. The number of fused-ring (bicyclic) bond motifs is 1. The van der Waals surface area contributed by atoms with Gasteiger partial charge in [-0.05, 0) is 36.4 Å². The summed E-state index contributed by atoms with van der Waals surface area (Å²) >= 11 is 0. The van der Waals surface area contributed by atoms with Crippen molar-refractivity contribution in [2.45, 2.75) is 0 Å². The lowest BCUT2D eigenvalue weighted by molar-refractivity contribution is -0.118. The number of pyridine rings is 1. The van der Waals surface area contributed by atoms with Crippen molar-refractivity contribution in [3.63, 3.8) is 0 Å². The molecule has 4 aromatic rings. The summed E-state index contributed by atoms with van der Waals surface area (Å²) in [6.07, 6.45) is 2.13. The maximum absolute atomic E-state index is 14.9.